The van der Waals surface area contributed by atoms with Gasteiger partial charge in [0.15, 0.2) is 11.6 Å². The van der Waals surface area contributed by atoms with Crippen molar-refractivity contribution in [2.24, 2.45) is 0 Å². The third-order valence-electron chi connectivity index (χ3n) is 2.37. The molecule has 0 saturated heterocycles. The van der Waals surface area contributed by atoms with Crippen molar-refractivity contribution in [2.45, 2.75) is 11.8 Å². The first kappa shape index (κ1) is 11.9. The van der Waals surface area contributed by atoms with Crippen LogP contribution in [0.2, 0.25) is 0 Å². The van der Waals surface area contributed by atoms with Crippen LogP contribution in [0, 0.1) is 11.6 Å². The lowest BCUT2D eigenvalue weighted by Gasteiger charge is -1.99. The van der Waals surface area contributed by atoms with Crippen molar-refractivity contribution in [3.63, 3.8) is 0 Å². The Bertz CT molecular complexity index is 499. The van der Waals surface area contributed by atoms with Gasteiger partial charge in [0.05, 0.1) is 0 Å². The van der Waals surface area contributed by atoms with E-state index in [-0.39, 0.29) is 0 Å². The third kappa shape index (κ3) is 1.44. The number of rotatable bonds is 1. The van der Waals surface area contributed by atoms with Crippen molar-refractivity contribution in [1.82, 2.24) is 0 Å². The van der Waals surface area contributed by atoms with E-state index in [1.807, 2.05) is 0 Å². The van der Waals surface area contributed by atoms with E-state index in [1.54, 1.807) is 0 Å². The fourth-order valence-electron chi connectivity index (χ4n) is 1.38. The Morgan fingerprint density at radius 2 is 1.47 bits per heavy atom. The third-order valence-corrected chi connectivity index (χ3v) is 2.37. The molecule has 1 fully saturated rings. The zero-order valence-electron chi connectivity index (χ0n) is 7.88. The lowest BCUT2D eigenvalue weighted by atomic mass is 10.1. The molecule has 0 atom stereocenters. The molecule has 1 aromatic carbocycles. The molecule has 1 aliphatic carbocycles. The highest BCUT2D eigenvalue weighted by molar-refractivity contribution is 5.73. The van der Waals surface area contributed by atoms with Gasteiger partial charge in [-0.2, -0.15) is 17.6 Å². The fourth-order valence-corrected chi connectivity index (χ4v) is 1.38. The molecule has 0 heterocycles. The van der Waals surface area contributed by atoms with Gasteiger partial charge in [0.25, 0.3) is 0 Å². The van der Waals surface area contributed by atoms with Gasteiger partial charge in [-0.25, -0.2) is 13.2 Å². The molecule has 0 amide bonds. The normalized spacial score (nSPS) is 20.3. The van der Waals surface area contributed by atoms with E-state index in [0.717, 1.165) is 6.07 Å². The van der Waals surface area contributed by atoms with E-state index in [1.165, 1.54) is 0 Å². The average Bonchev–Trinajstić information content (AvgIpc) is 2.61. The standard InChI is InChI=1S/C10H3F7/c11-5-3-1-2-4(6(5)12)7(13)8-9(14,15)10(8,16)17/h1-3H. The number of hydrogen-bond donors (Lipinski definition) is 0. The van der Waals surface area contributed by atoms with Gasteiger partial charge in [0.2, 0.25) is 0 Å². The molecule has 0 nitrogen and oxygen atoms in total. The van der Waals surface area contributed by atoms with Gasteiger partial charge in [-0.15, -0.1) is 0 Å². The van der Waals surface area contributed by atoms with Crippen LogP contribution in [0.25, 0.3) is 5.83 Å². The Hall–Kier alpha value is -1.53. The van der Waals surface area contributed by atoms with Crippen molar-refractivity contribution < 1.29 is 30.7 Å². The van der Waals surface area contributed by atoms with Crippen molar-refractivity contribution in [3.8, 4) is 0 Å². The van der Waals surface area contributed by atoms with Crippen LogP contribution in [0.5, 0.6) is 0 Å². The summed E-state index contributed by atoms with van der Waals surface area (Å²) in [5, 5.41) is 0. The van der Waals surface area contributed by atoms with Gasteiger partial charge >= 0.3 is 11.8 Å². The van der Waals surface area contributed by atoms with Crippen LogP contribution in [0.4, 0.5) is 30.7 Å². The Morgan fingerprint density at radius 3 is 1.94 bits per heavy atom. The maximum Gasteiger partial charge on any atom is 0.344 e. The van der Waals surface area contributed by atoms with Gasteiger partial charge < -0.3 is 0 Å². The molecule has 7 heteroatoms. The predicted molar refractivity (Wildman–Crippen MR) is 44.3 cm³/mol. The first-order valence-corrected chi connectivity index (χ1v) is 4.32. The van der Waals surface area contributed by atoms with Gasteiger partial charge in [-0.05, 0) is 12.1 Å². The van der Waals surface area contributed by atoms with E-state index in [0.29, 0.717) is 12.1 Å². The minimum Gasteiger partial charge on any atom is -0.206 e. The van der Waals surface area contributed by atoms with E-state index >= 15 is 0 Å². The number of hydrogen-bond acceptors (Lipinski definition) is 0. The van der Waals surface area contributed by atoms with Crippen molar-refractivity contribution in [2.75, 3.05) is 0 Å². The molecular formula is C10H3F7. The summed E-state index contributed by atoms with van der Waals surface area (Å²) in [5.74, 6) is -14.7. The maximum atomic E-state index is 13.3. The zero-order chi connectivity index (χ0) is 13.0. The van der Waals surface area contributed by atoms with Crippen molar-refractivity contribution >= 4 is 5.83 Å². The van der Waals surface area contributed by atoms with Crippen LogP contribution in [-0.2, 0) is 0 Å². The lowest BCUT2D eigenvalue weighted by molar-refractivity contribution is -0.0278. The minimum absolute atomic E-state index is 0.602. The van der Waals surface area contributed by atoms with Crippen LogP contribution in [0.1, 0.15) is 5.56 Å². The van der Waals surface area contributed by atoms with Gasteiger partial charge in [-0.3, -0.25) is 0 Å². The molecule has 0 spiro atoms. The minimum atomic E-state index is -4.64. The number of halogens is 7. The SMILES string of the molecule is FC(=C1C(F)(F)C1(F)F)c1cccc(F)c1F. The molecule has 2 rings (SSSR count). The zero-order valence-corrected chi connectivity index (χ0v) is 7.88. The maximum absolute atomic E-state index is 13.3. The summed E-state index contributed by atoms with van der Waals surface area (Å²) in [6.07, 6.45) is 0. The molecule has 0 bridgehead atoms. The van der Waals surface area contributed by atoms with Crippen molar-refractivity contribution in [3.05, 3.63) is 41.0 Å². The second-order valence-electron chi connectivity index (χ2n) is 3.44. The summed E-state index contributed by atoms with van der Waals surface area (Å²) < 4.78 is 88.9. The fraction of sp³-hybridized carbons (Fsp3) is 0.200. The van der Waals surface area contributed by atoms with Crippen LogP contribution in [0.15, 0.2) is 23.8 Å². The predicted octanol–water partition coefficient (Wildman–Crippen LogP) is 3.93. The second-order valence-corrected chi connectivity index (χ2v) is 3.44. The quantitative estimate of drug-likeness (QED) is 0.668. The summed E-state index contributed by atoms with van der Waals surface area (Å²) in [6, 6.07) is 2.04. The summed E-state index contributed by atoms with van der Waals surface area (Å²) in [6.45, 7) is 0. The molecule has 0 N–H and O–H groups in total. The van der Waals surface area contributed by atoms with Crippen LogP contribution in [0.3, 0.4) is 0 Å². The summed E-state index contributed by atoms with van der Waals surface area (Å²) in [7, 11) is 0. The number of allylic oxidation sites excluding steroid dienone is 1. The molecule has 92 valence electrons. The van der Waals surface area contributed by atoms with E-state index in [2.05, 4.69) is 0 Å². The number of alkyl halides is 4. The summed E-state index contributed by atoms with van der Waals surface area (Å²) in [4.78, 5) is 0. The Kier molecular flexibility index (Phi) is 2.28. The van der Waals surface area contributed by atoms with E-state index < -0.39 is 40.4 Å². The number of benzene rings is 1. The van der Waals surface area contributed by atoms with E-state index in [4.69, 9.17) is 0 Å². The highest BCUT2D eigenvalue weighted by atomic mass is 19.3. The summed E-state index contributed by atoms with van der Waals surface area (Å²) in [5.41, 5.74) is -3.36. The molecule has 0 aromatic heterocycles. The Morgan fingerprint density at radius 1 is 0.941 bits per heavy atom. The molecular weight excluding hydrogens is 253 g/mol. The highest BCUT2D eigenvalue weighted by Crippen LogP contribution is 2.65. The Labute approximate surface area is 90.4 Å². The molecule has 0 aliphatic heterocycles. The van der Waals surface area contributed by atoms with Crippen LogP contribution < -0.4 is 0 Å². The molecule has 1 saturated carbocycles. The van der Waals surface area contributed by atoms with Crippen LogP contribution in [-0.4, -0.2) is 11.8 Å². The van der Waals surface area contributed by atoms with Gasteiger partial charge in [-0.1, -0.05) is 6.07 Å². The summed E-state index contributed by atoms with van der Waals surface area (Å²) >= 11 is 0. The smallest absolute Gasteiger partial charge is 0.206 e. The Balaban J connectivity index is 2.58. The lowest BCUT2D eigenvalue weighted by Crippen LogP contribution is -2.02. The molecule has 17 heavy (non-hydrogen) atoms. The van der Waals surface area contributed by atoms with E-state index in [9.17, 15) is 30.7 Å². The average molecular weight is 256 g/mol. The topological polar surface area (TPSA) is 0 Å². The molecule has 1 aliphatic rings. The monoisotopic (exact) mass is 256 g/mol. The van der Waals surface area contributed by atoms with Crippen molar-refractivity contribution in [1.29, 1.82) is 0 Å². The molecule has 0 unspecified atom stereocenters. The van der Waals surface area contributed by atoms with Gasteiger partial charge in [0, 0.05) is 5.56 Å². The highest BCUT2D eigenvalue weighted by Gasteiger charge is 2.83. The first-order chi connectivity index (χ1) is 7.71. The first-order valence-electron chi connectivity index (χ1n) is 4.32. The second kappa shape index (κ2) is 3.24. The molecule has 0 radical (unpaired) electrons. The largest absolute Gasteiger partial charge is 0.344 e. The molecule has 1 aromatic rings. The van der Waals surface area contributed by atoms with Crippen LogP contribution >= 0.6 is 0 Å². The van der Waals surface area contributed by atoms with Gasteiger partial charge in [0.1, 0.15) is 11.4 Å².